The Morgan fingerprint density at radius 1 is 1.31 bits per heavy atom. The van der Waals surface area contributed by atoms with Crippen molar-refractivity contribution in [3.05, 3.63) is 23.8 Å². The van der Waals surface area contributed by atoms with Gasteiger partial charge in [0.25, 0.3) is 0 Å². The van der Waals surface area contributed by atoms with Crippen molar-refractivity contribution in [2.75, 3.05) is 0 Å². The Kier molecular flexibility index (Phi) is 3.74. The van der Waals surface area contributed by atoms with Crippen molar-refractivity contribution in [1.29, 1.82) is 0 Å². The molecule has 4 aliphatic rings. The molecule has 3 nitrogen and oxygen atoms in total. The van der Waals surface area contributed by atoms with E-state index in [1.54, 1.807) is 12.2 Å². The van der Waals surface area contributed by atoms with E-state index >= 15 is 4.39 Å². The Morgan fingerprint density at radius 2 is 2.00 bits per heavy atom. The van der Waals surface area contributed by atoms with Crippen LogP contribution in [0.5, 0.6) is 0 Å². The third kappa shape index (κ3) is 1.88. The normalized spacial score (nSPS) is 52.8. The summed E-state index contributed by atoms with van der Waals surface area (Å²) in [6, 6.07) is 0. The Labute approximate surface area is 158 Å². The van der Waals surface area contributed by atoms with Crippen molar-refractivity contribution >= 4 is 23.2 Å². The summed E-state index contributed by atoms with van der Waals surface area (Å²) in [7, 11) is 0. The van der Waals surface area contributed by atoms with Crippen molar-refractivity contribution in [3.63, 3.8) is 0 Å². The van der Waals surface area contributed by atoms with E-state index in [2.05, 4.69) is 0 Å². The van der Waals surface area contributed by atoms with Crippen LogP contribution in [0.3, 0.4) is 0 Å². The van der Waals surface area contributed by atoms with Crippen LogP contribution in [0.2, 0.25) is 0 Å². The molecule has 3 fully saturated rings. The molecule has 142 valence electrons. The topological polar surface area (TPSA) is 54.4 Å². The van der Waals surface area contributed by atoms with Gasteiger partial charge in [-0.05, 0) is 63.0 Å². The third-order valence-corrected chi connectivity index (χ3v) is 9.24. The zero-order valence-corrected chi connectivity index (χ0v) is 16.3. The number of alkyl halides is 2. The average molecular weight is 381 g/mol. The van der Waals surface area contributed by atoms with Gasteiger partial charge in [-0.3, -0.25) is 9.59 Å². The van der Waals surface area contributed by atoms with Gasteiger partial charge in [-0.1, -0.05) is 25.5 Å². The number of fused-ring (bicyclic) bond motifs is 5. The molecular weight excluding hydrogens is 355 g/mol. The summed E-state index contributed by atoms with van der Waals surface area (Å²) in [5, 5.41) is 11.1. The van der Waals surface area contributed by atoms with Crippen LogP contribution in [0.1, 0.15) is 52.9 Å². The lowest BCUT2D eigenvalue weighted by Crippen LogP contribution is -2.67. The zero-order chi connectivity index (χ0) is 19.1. The molecule has 26 heavy (non-hydrogen) atoms. The quantitative estimate of drug-likeness (QED) is 0.701. The van der Waals surface area contributed by atoms with Crippen LogP contribution < -0.4 is 0 Å². The fourth-order valence-corrected chi connectivity index (χ4v) is 7.25. The van der Waals surface area contributed by atoms with Gasteiger partial charge in [-0.25, -0.2) is 4.39 Å². The van der Waals surface area contributed by atoms with E-state index in [0.717, 1.165) is 5.57 Å². The maximum absolute atomic E-state index is 15.8. The number of hydrogen-bond donors (Lipinski definition) is 1. The molecule has 0 heterocycles. The predicted molar refractivity (Wildman–Crippen MR) is 97.6 cm³/mol. The molecular formula is C21H26ClFO3. The highest BCUT2D eigenvalue weighted by atomic mass is 35.5. The van der Waals surface area contributed by atoms with Gasteiger partial charge < -0.3 is 5.11 Å². The number of allylic oxidation sites excluding steroid dienone is 4. The van der Waals surface area contributed by atoms with Crippen molar-refractivity contribution in [3.8, 4) is 0 Å². The Bertz CT molecular complexity index is 760. The first-order chi connectivity index (χ1) is 12.0. The van der Waals surface area contributed by atoms with Gasteiger partial charge >= 0.3 is 0 Å². The Morgan fingerprint density at radius 3 is 2.65 bits per heavy atom. The van der Waals surface area contributed by atoms with Crippen molar-refractivity contribution in [2.45, 2.75) is 69.5 Å². The number of carbonyl (C=O) groups is 2. The molecule has 3 saturated carbocycles. The molecule has 0 radical (unpaired) electrons. The number of rotatable bonds is 1. The van der Waals surface area contributed by atoms with Gasteiger partial charge in [0.1, 0.15) is 11.8 Å². The maximum Gasteiger partial charge on any atom is 0.178 e. The predicted octanol–water partition coefficient (Wildman–Crippen LogP) is 3.92. The largest absolute Gasteiger partial charge is 0.382 e. The second kappa shape index (κ2) is 5.29. The van der Waals surface area contributed by atoms with Crippen molar-refractivity contribution in [1.82, 2.24) is 0 Å². The van der Waals surface area contributed by atoms with Crippen LogP contribution >= 0.6 is 11.6 Å². The van der Waals surface area contributed by atoms with Gasteiger partial charge in [0.2, 0.25) is 0 Å². The van der Waals surface area contributed by atoms with E-state index in [4.69, 9.17) is 11.6 Å². The number of aliphatic hydroxyl groups is 1. The van der Waals surface area contributed by atoms with E-state index in [1.807, 2.05) is 13.8 Å². The number of halogens is 2. The van der Waals surface area contributed by atoms with Gasteiger partial charge in [0, 0.05) is 10.8 Å². The minimum atomic E-state index is -1.48. The molecule has 1 unspecified atom stereocenters. The van der Waals surface area contributed by atoms with Crippen LogP contribution in [-0.4, -0.2) is 33.3 Å². The summed E-state index contributed by atoms with van der Waals surface area (Å²) in [5.41, 5.74) is -2.09. The maximum atomic E-state index is 15.8. The summed E-state index contributed by atoms with van der Waals surface area (Å²) in [4.78, 5) is 22.9. The fraction of sp³-hybridized carbons (Fsp3) is 0.714. The lowest BCUT2D eigenvalue weighted by atomic mass is 9.46. The van der Waals surface area contributed by atoms with E-state index < -0.39 is 27.5 Å². The highest BCUT2D eigenvalue weighted by Crippen LogP contribution is 2.71. The number of ketones is 2. The van der Waals surface area contributed by atoms with Crippen LogP contribution in [-0.2, 0) is 9.59 Å². The second-order valence-electron chi connectivity index (χ2n) is 9.17. The first-order valence-electron chi connectivity index (χ1n) is 9.51. The number of Topliss-reactive ketones (excluding diaryl/α,β-unsaturated/α-hetero) is 1. The van der Waals surface area contributed by atoms with Gasteiger partial charge in [0.05, 0.1) is 4.87 Å². The van der Waals surface area contributed by atoms with E-state index in [1.165, 1.54) is 13.0 Å². The summed E-state index contributed by atoms with van der Waals surface area (Å²) >= 11 is 7.15. The summed E-state index contributed by atoms with van der Waals surface area (Å²) < 4.78 is 15.8. The van der Waals surface area contributed by atoms with Crippen molar-refractivity contribution in [2.24, 2.45) is 22.7 Å². The van der Waals surface area contributed by atoms with E-state index in [-0.39, 0.29) is 29.8 Å². The minimum absolute atomic E-state index is 0.00898. The van der Waals surface area contributed by atoms with E-state index in [9.17, 15) is 14.7 Å². The SMILES string of the molecule is CC(=O)[C@@]1(O)CC[C@H]2[C@@H]3CCC4=CC(=O)C=C[C@]4(C)[C@@]3(Cl)C(F)C[C@@]21C. The van der Waals surface area contributed by atoms with Gasteiger partial charge in [-0.15, -0.1) is 11.6 Å². The Hall–Kier alpha value is -1.000. The molecule has 0 aromatic heterocycles. The molecule has 0 bridgehead atoms. The molecule has 1 N–H and O–H groups in total. The standard InChI is InChI=1S/C21H26ClFO3/c1-12(24)20(26)9-7-15-16-5-4-13-10-14(25)6-8-18(13,2)21(16,22)17(23)11-19(15,20)3/h6,8,10,15-17,26H,4-5,7,9,11H2,1-3H3/t15-,16-,17?,18-,19-,20-,21-/m0/s1. The Balaban J connectivity index is 1.83. The average Bonchev–Trinajstić information content (AvgIpc) is 2.83. The lowest BCUT2D eigenvalue weighted by molar-refractivity contribution is -0.163. The first kappa shape index (κ1) is 18.4. The monoisotopic (exact) mass is 380 g/mol. The molecule has 4 rings (SSSR count). The molecule has 0 aromatic carbocycles. The number of hydrogen-bond acceptors (Lipinski definition) is 3. The highest BCUT2D eigenvalue weighted by molar-refractivity contribution is 6.26. The minimum Gasteiger partial charge on any atom is -0.382 e. The summed E-state index contributed by atoms with van der Waals surface area (Å²) in [6.45, 7) is 5.20. The zero-order valence-electron chi connectivity index (χ0n) is 15.5. The van der Waals surface area contributed by atoms with Crippen LogP contribution in [0.4, 0.5) is 4.39 Å². The molecule has 0 aromatic rings. The number of carbonyl (C=O) groups excluding carboxylic acids is 2. The van der Waals surface area contributed by atoms with Crippen LogP contribution in [0, 0.1) is 22.7 Å². The molecule has 0 amide bonds. The summed E-state index contributed by atoms with van der Waals surface area (Å²) in [6.07, 6.45) is 6.02. The fourth-order valence-electron chi connectivity index (χ4n) is 6.73. The van der Waals surface area contributed by atoms with E-state index in [0.29, 0.717) is 25.7 Å². The van der Waals surface area contributed by atoms with Crippen molar-refractivity contribution < 1.29 is 19.1 Å². The molecule has 0 spiro atoms. The van der Waals surface area contributed by atoms with Crippen LogP contribution in [0.25, 0.3) is 0 Å². The molecule has 4 aliphatic carbocycles. The molecule has 7 atom stereocenters. The first-order valence-corrected chi connectivity index (χ1v) is 9.89. The van der Waals surface area contributed by atoms with Crippen LogP contribution in [0.15, 0.2) is 23.8 Å². The molecule has 0 aliphatic heterocycles. The third-order valence-electron chi connectivity index (χ3n) is 8.33. The van der Waals surface area contributed by atoms with Gasteiger partial charge in [0.15, 0.2) is 11.6 Å². The molecule has 5 heteroatoms. The molecule has 0 saturated heterocycles. The smallest absolute Gasteiger partial charge is 0.178 e. The van der Waals surface area contributed by atoms with Gasteiger partial charge in [-0.2, -0.15) is 0 Å². The second-order valence-corrected chi connectivity index (χ2v) is 9.80. The lowest BCUT2D eigenvalue weighted by Gasteiger charge is -2.63. The highest BCUT2D eigenvalue weighted by Gasteiger charge is 2.73. The summed E-state index contributed by atoms with van der Waals surface area (Å²) in [5.74, 6) is -0.502.